The summed E-state index contributed by atoms with van der Waals surface area (Å²) < 4.78 is 0. The molecule has 0 aliphatic heterocycles. The lowest BCUT2D eigenvalue weighted by molar-refractivity contribution is 0.0697. The van der Waals surface area contributed by atoms with Gasteiger partial charge >= 0.3 is 12.0 Å². The predicted molar refractivity (Wildman–Crippen MR) is 137 cm³/mol. The van der Waals surface area contributed by atoms with E-state index in [0.717, 1.165) is 24.0 Å². The Morgan fingerprint density at radius 3 is 2.03 bits per heavy atom. The number of anilines is 1. The monoisotopic (exact) mass is 494 g/mol. The number of hydrogen-bond donors (Lipinski definition) is 3. The maximum absolute atomic E-state index is 12.9. The molecular weight excluding hydrogens is 471 g/mol. The van der Waals surface area contributed by atoms with E-state index < -0.39 is 18.0 Å². The second-order valence-corrected chi connectivity index (χ2v) is 9.09. The first-order chi connectivity index (χ1) is 16.4. The highest BCUT2D eigenvalue weighted by atomic mass is 35.5. The second kappa shape index (κ2) is 10.8. The number of allylic oxidation sites excluding steroid dienone is 2. The van der Waals surface area contributed by atoms with Crippen LogP contribution in [-0.2, 0) is 0 Å². The summed E-state index contributed by atoms with van der Waals surface area (Å²) in [5, 5.41) is 15.8. The first kappa shape index (κ1) is 23.9. The maximum atomic E-state index is 12.9. The summed E-state index contributed by atoms with van der Waals surface area (Å²) in [7, 11) is 0. The zero-order valence-corrected chi connectivity index (χ0v) is 19.9. The van der Waals surface area contributed by atoms with Crippen molar-refractivity contribution in [1.29, 1.82) is 0 Å². The molecule has 7 heteroatoms. The van der Waals surface area contributed by atoms with Crippen LogP contribution in [-0.4, -0.2) is 17.1 Å². The van der Waals surface area contributed by atoms with Gasteiger partial charge in [0.2, 0.25) is 0 Å². The van der Waals surface area contributed by atoms with Crippen molar-refractivity contribution >= 4 is 46.5 Å². The molecule has 3 N–H and O–H groups in total. The summed E-state index contributed by atoms with van der Waals surface area (Å²) in [5.74, 6) is -1.00. The minimum absolute atomic E-state index is 0.181. The molecule has 34 heavy (non-hydrogen) atoms. The minimum atomic E-state index is -1.00. The van der Waals surface area contributed by atoms with Crippen molar-refractivity contribution in [3.63, 3.8) is 0 Å². The summed E-state index contributed by atoms with van der Waals surface area (Å²) >= 11 is 12.1. The van der Waals surface area contributed by atoms with Crippen molar-refractivity contribution in [3.8, 4) is 0 Å². The van der Waals surface area contributed by atoms with E-state index in [1.807, 2.05) is 12.1 Å². The quantitative estimate of drug-likeness (QED) is 0.330. The van der Waals surface area contributed by atoms with E-state index in [4.69, 9.17) is 23.2 Å². The fraction of sp³-hybridized carbons (Fsp3) is 0.185. The van der Waals surface area contributed by atoms with E-state index in [1.165, 1.54) is 36.1 Å². The van der Waals surface area contributed by atoms with Gasteiger partial charge in [0.05, 0.1) is 11.6 Å². The smallest absolute Gasteiger partial charge is 0.335 e. The minimum Gasteiger partial charge on any atom is -0.478 e. The summed E-state index contributed by atoms with van der Waals surface area (Å²) in [6.45, 7) is 0. The Morgan fingerprint density at radius 2 is 1.47 bits per heavy atom. The van der Waals surface area contributed by atoms with Gasteiger partial charge in [0.25, 0.3) is 0 Å². The number of halogens is 2. The van der Waals surface area contributed by atoms with E-state index in [1.54, 1.807) is 30.3 Å². The van der Waals surface area contributed by atoms with Crippen LogP contribution >= 0.6 is 23.2 Å². The number of rotatable bonds is 6. The third kappa shape index (κ3) is 5.99. The summed E-state index contributed by atoms with van der Waals surface area (Å²) in [6, 6.07) is 18.5. The topological polar surface area (TPSA) is 78.4 Å². The number of benzene rings is 3. The highest BCUT2D eigenvalue weighted by Gasteiger charge is 2.19. The zero-order chi connectivity index (χ0) is 24.1. The normalized spacial score (nSPS) is 14.1. The number of carboxylic acids is 1. The van der Waals surface area contributed by atoms with Crippen molar-refractivity contribution in [2.75, 3.05) is 5.32 Å². The maximum Gasteiger partial charge on any atom is 0.335 e. The van der Waals surface area contributed by atoms with Gasteiger partial charge in [-0.15, -0.1) is 0 Å². The molecule has 1 atom stereocenters. The van der Waals surface area contributed by atoms with Gasteiger partial charge in [-0.2, -0.15) is 0 Å². The van der Waals surface area contributed by atoms with Crippen molar-refractivity contribution in [1.82, 2.24) is 5.32 Å². The lowest BCUT2D eigenvalue weighted by atomic mass is 9.91. The number of aromatic carboxylic acids is 1. The molecule has 0 bridgehead atoms. The molecule has 3 aromatic carbocycles. The van der Waals surface area contributed by atoms with Crippen LogP contribution in [0.25, 0.3) is 5.57 Å². The average Bonchev–Trinajstić information content (AvgIpc) is 2.83. The SMILES string of the molecule is O=C(Nc1cc(Cl)cc(Cl)c1)NC(c1ccc(C(=O)O)cc1)c1ccc(C2=CCCCC2)cc1. The highest BCUT2D eigenvalue weighted by molar-refractivity contribution is 6.35. The van der Waals surface area contributed by atoms with Gasteiger partial charge in [-0.05, 0) is 78.3 Å². The standard InChI is InChI=1S/C27H24Cl2N2O3/c28-22-14-23(29)16-24(15-22)30-27(34)31-25(20-10-12-21(13-11-20)26(32)33)19-8-6-18(7-9-19)17-4-2-1-3-5-17/h4,6-16,25H,1-3,5H2,(H,32,33)(H2,30,31,34). The van der Waals surface area contributed by atoms with Gasteiger partial charge < -0.3 is 15.7 Å². The molecule has 1 aliphatic rings. The molecule has 0 heterocycles. The van der Waals surface area contributed by atoms with Crippen molar-refractivity contribution in [3.05, 3.63) is 105 Å². The van der Waals surface area contributed by atoms with Crippen LogP contribution in [0.4, 0.5) is 10.5 Å². The molecule has 1 aliphatic carbocycles. The number of amides is 2. The Balaban J connectivity index is 1.60. The molecule has 0 fully saturated rings. The van der Waals surface area contributed by atoms with Crippen LogP contribution < -0.4 is 10.6 Å². The first-order valence-electron chi connectivity index (χ1n) is 11.1. The van der Waals surface area contributed by atoms with Gasteiger partial charge in [0.15, 0.2) is 0 Å². The second-order valence-electron chi connectivity index (χ2n) is 8.21. The first-order valence-corrected chi connectivity index (χ1v) is 11.8. The van der Waals surface area contributed by atoms with Gasteiger partial charge in [0.1, 0.15) is 0 Å². The molecule has 2 amide bonds. The third-order valence-electron chi connectivity index (χ3n) is 5.79. The summed E-state index contributed by atoms with van der Waals surface area (Å²) in [4.78, 5) is 24.1. The molecule has 1 unspecified atom stereocenters. The van der Waals surface area contributed by atoms with E-state index in [2.05, 4.69) is 28.8 Å². The van der Waals surface area contributed by atoms with Gasteiger partial charge in [0, 0.05) is 15.7 Å². The number of carboxylic acid groups (broad SMARTS) is 1. The van der Waals surface area contributed by atoms with E-state index >= 15 is 0 Å². The van der Waals surface area contributed by atoms with Crippen LogP contribution in [0.15, 0.2) is 72.8 Å². The largest absolute Gasteiger partial charge is 0.478 e. The van der Waals surface area contributed by atoms with Crippen LogP contribution in [0.5, 0.6) is 0 Å². The van der Waals surface area contributed by atoms with Crippen LogP contribution in [0.1, 0.15) is 58.8 Å². The fourth-order valence-corrected chi connectivity index (χ4v) is 4.62. The van der Waals surface area contributed by atoms with Gasteiger partial charge in [-0.1, -0.05) is 65.7 Å². The summed E-state index contributed by atoms with van der Waals surface area (Å²) in [6.07, 6.45) is 6.89. The Hall–Kier alpha value is -3.28. The Kier molecular flexibility index (Phi) is 7.56. The van der Waals surface area contributed by atoms with E-state index in [9.17, 15) is 14.7 Å². The van der Waals surface area contributed by atoms with Gasteiger partial charge in [-0.25, -0.2) is 9.59 Å². The Morgan fingerprint density at radius 1 is 0.853 bits per heavy atom. The molecule has 174 valence electrons. The highest BCUT2D eigenvalue weighted by Crippen LogP contribution is 2.29. The van der Waals surface area contributed by atoms with Gasteiger partial charge in [-0.3, -0.25) is 0 Å². The number of carbonyl (C=O) groups excluding carboxylic acids is 1. The molecule has 4 rings (SSSR count). The van der Waals surface area contributed by atoms with Crippen molar-refractivity contribution in [2.24, 2.45) is 0 Å². The number of carbonyl (C=O) groups is 2. The lowest BCUT2D eigenvalue weighted by Crippen LogP contribution is -2.33. The molecule has 0 saturated carbocycles. The van der Waals surface area contributed by atoms with E-state index in [-0.39, 0.29) is 5.56 Å². The third-order valence-corrected chi connectivity index (χ3v) is 6.23. The average molecular weight is 495 g/mol. The Labute approximate surface area is 208 Å². The van der Waals surface area contributed by atoms with Crippen LogP contribution in [0.2, 0.25) is 10.0 Å². The zero-order valence-electron chi connectivity index (χ0n) is 18.4. The van der Waals surface area contributed by atoms with Crippen molar-refractivity contribution < 1.29 is 14.7 Å². The molecule has 0 radical (unpaired) electrons. The number of hydrogen-bond acceptors (Lipinski definition) is 2. The predicted octanol–water partition coefficient (Wildman–Crippen LogP) is 7.56. The Bertz CT molecular complexity index is 1200. The molecule has 0 aromatic heterocycles. The van der Waals surface area contributed by atoms with E-state index in [0.29, 0.717) is 15.7 Å². The number of urea groups is 1. The van der Waals surface area contributed by atoms with Crippen molar-refractivity contribution in [2.45, 2.75) is 31.7 Å². The fourth-order valence-electron chi connectivity index (χ4n) is 4.09. The molecule has 0 saturated heterocycles. The molecule has 3 aromatic rings. The lowest BCUT2D eigenvalue weighted by Gasteiger charge is -2.21. The molecular formula is C27H24Cl2N2O3. The molecule has 0 spiro atoms. The molecule has 5 nitrogen and oxygen atoms in total. The number of nitrogens with one attached hydrogen (secondary N) is 2. The van der Waals surface area contributed by atoms with Crippen LogP contribution in [0, 0.1) is 0 Å². The van der Waals surface area contributed by atoms with Crippen LogP contribution in [0.3, 0.4) is 0 Å². The summed E-state index contributed by atoms with van der Waals surface area (Å²) in [5.41, 5.74) is 4.82.